The number of nitriles is 1. The molecule has 1 aromatic heterocycles. The highest BCUT2D eigenvalue weighted by Gasteiger charge is 1.92. The Hall–Kier alpha value is -1.08. The van der Waals surface area contributed by atoms with E-state index in [0.29, 0.717) is 5.56 Å². The summed E-state index contributed by atoms with van der Waals surface area (Å²) in [6.07, 6.45) is 1.42. The number of halogens is 1. The number of nitrogens with zero attached hydrogens (tertiary/aromatic N) is 2. The Balaban J connectivity index is 3.34. The minimum Gasteiger partial charge on any atom is -0.268 e. The number of pyridine rings is 1. The summed E-state index contributed by atoms with van der Waals surface area (Å²) in [6, 6.07) is 4.70. The monoisotopic (exact) mass is 198 g/mol. The molecule has 1 heterocycles. The molecule has 0 aliphatic heterocycles. The van der Waals surface area contributed by atoms with Crippen LogP contribution in [-0.2, 0) is 0 Å². The van der Waals surface area contributed by atoms with Gasteiger partial charge in [0.25, 0.3) is 5.56 Å². The number of hydrogen-bond donors (Lipinski definition) is 0. The van der Waals surface area contributed by atoms with Crippen molar-refractivity contribution in [3.8, 4) is 6.07 Å². The summed E-state index contributed by atoms with van der Waals surface area (Å²) in [4.78, 5) is 10.7. The van der Waals surface area contributed by atoms with E-state index in [0.717, 1.165) is 0 Å². The predicted octanol–water partition coefficient (Wildman–Crippen LogP) is 0.878. The summed E-state index contributed by atoms with van der Waals surface area (Å²) in [5.74, 6) is 0. The molecule has 0 N–H and O–H groups in total. The van der Waals surface area contributed by atoms with Gasteiger partial charge < -0.3 is 0 Å². The van der Waals surface area contributed by atoms with E-state index in [1.807, 2.05) is 6.07 Å². The number of aromatic nitrogens is 1. The molecule has 0 amide bonds. The molecule has 0 aromatic carbocycles. The quantitative estimate of drug-likeness (QED) is 0.622. The van der Waals surface area contributed by atoms with E-state index in [9.17, 15) is 4.79 Å². The normalized spacial score (nSPS) is 8.80. The Morgan fingerprint density at radius 1 is 1.60 bits per heavy atom. The van der Waals surface area contributed by atoms with Crippen molar-refractivity contribution in [1.82, 2.24) is 3.59 Å². The fourth-order valence-corrected chi connectivity index (χ4v) is 0.866. The second kappa shape index (κ2) is 2.67. The molecule has 0 atom stereocenters. The van der Waals surface area contributed by atoms with Crippen LogP contribution in [0.2, 0.25) is 0 Å². The van der Waals surface area contributed by atoms with Crippen LogP contribution in [0.15, 0.2) is 23.1 Å². The zero-order valence-electron chi connectivity index (χ0n) is 4.91. The van der Waals surface area contributed by atoms with Crippen LogP contribution in [0, 0.1) is 11.3 Å². The van der Waals surface area contributed by atoms with E-state index in [2.05, 4.69) is 16.1 Å². The molecule has 0 fully saturated rings. The Kier molecular flexibility index (Phi) is 1.88. The second-order valence-electron chi connectivity index (χ2n) is 1.68. The van der Waals surface area contributed by atoms with E-state index >= 15 is 0 Å². The molecule has 0 spiro atoms. The molecule has 0 bridgehead atoms. The first-order valence-corrected chi connectivity index (χ1v) is 3.24. The highest BCUT2D eigenvalue weighted by Crippen LogP contribution is 1.94. The molecule has 0 aliphatic rings. The summed E-state index contributed by atoms with van der Waals surface area (Å²) in [5, 5.41) is 8.37. The lowest BCUT2D eigenvalue weighted by molar-refractivity contribution is 1.16. The third-order valence-electron chi connectivity index (χ3n) is 0.998. The van der Waals surface area contributed by atoms with Gasteiger partial charge in [-0.25, -0.2) is 3.59 Å². The average Bonchev–Trinajstić information content (AvgIpc) is 1.95. The molecule has 3 nitrogen and oxygen atoms in total. The van der Waals surface area contributed by atoms with Crippen molar-refractivity contribution in [2.45, 2.75) is 0 Å². The first-order valence-electron chi connectivity index (χ1n) is 2.53. The van der Waals surface area contributed by atoms with Crippen LogP contribution >= 0.6 is 16.1 Å². The fourth-order valence-electron chi connectivity index (χ4n) is 0.527. The highest BCUT2D eigenvalue weighted by atomic mass is 79.9. The van der Waals surface area contributed by atoms with Crippen LogP contribution in [0.25, 0.3) is 0 Å². The lowest BCUT2D eigenvalue weighted by atomic mass is 10.3. The molecule has 1 aromatic rings. The summed E-state index contributed by atoms with van der Waals surface area (Å²) >= 11 is 2.94. The summed E-state index contributed by atoms with van der Waals surface area (Å²) in [5.41, 5.74) is 0.274. The first kappa shape index (κ1) is 7.03. The zero-order valence-corrected chi connectivity index (χ0v) is 6.50. The Bertz CT molecular complexity index is 336. The molecular weight excluding hydrogens is 196 g/mol. The molecule has 4 heteroatoms. The third kappa shape index (κ3) is 1.25. The summed E-state index contributed by atoms with van der Waals surface area (Å²) < 4.78 is 1.19. The molecule has 0 saturated heterocycles. The lowest BCUT2D eigenvalue weighted by Gasteiger charge is -1.90. The summed E-state index contributed by atoms with van der Waals surface area (Å²) in [7, 11) is 0. The van der Waals surface area contributed by atoms with Gasteiger partial charge in [-0.3, -0.25) is 4.79 Å². The molecule has 0 unspecified atom stereocenters. The van der Waals surface area contributed by atoms with Crippen molar-refractivity contribution < 1.29 is 0 Å². The van der Waals surface area contributed by atoms with Gasteiger partial charge in [-0.2, -0.15) is 5.26 Å². The van der Waals surface area contributed by atoms with Gasteiger partial charge in [-0.15, -0.1) is 0 Å². The van der Waals surface area contributed by atoms with Crippen LogP contribution in [-0.4, -0.2) is 3.59 Å². The van der Waals surface area contributed by atoms with Gasteiger partial charge in [0.05, 0.1) is 21.7 Å². The number of hydrogen-bond acceptors (Lipinski definition) is 2. The third-order valence-corrected chi connectivity index (χ3v) is 1.55. The molecule has 1 rings (SSSR count). The van der Waals surface area contributed by atoms with E-state index in [4.69, 9.17) is 5.26 Å². The van der Waals surface area contributed by atoms with Crippen LogP contribution < -0.4 is 5.56 Å². The lowest BCUT2D eigenvalue weighted by Crippen LogP contribution is -2.09. The van der Waals surface area contributed by atoms with Crippen LogP contribution in [0.3, 0.4) is 0 Å². The van der Waals surface area contributed by atoms with Gasteiger partial charge in [0.1, 0.15) is 6.07 Å². The number of rotatable bonds is 0. The summed E-state index contributed by atoms with van der Waals surface area (Å²) in [6.45, 7) is 0. The van der Waals surface area contributed by atoms with Crippen LogP contribution in [0.4, 0.5) is 0 Å². The van der Waals surface area contributed by atoms with E-state index in [1.165, 1.54) is 21.9 Å². The minimum atomic E-state index is -0.181. The molecule has 0 aliphatic carbocycles. The maximum absolute atomic E-state index is 10.7. The van der Waals surface area contributed by atoms with Crippen molar-refractivity contribution in [3.63, 3.8) is 0 Å². The smallest absolute Gasteiger partial charge is 0.260 e. The Morgan fingerprint density at radius 2 is 2.30 bits per heavy atom. The van der Waals surface area contributed by atoms with E-state index < -0.39 is 0 Å². The van der Waals surface area contributed by atoms with Crippen molar-refractivity contribution in [1.29, 1.82) is 5.26 Å². The molecule has 0 saturated carbocycles. The highest BCUT2D eigenvalue weighted by molar-refractivity contribution is 9.08. The topological polar surface area (TPSA) is 45.8 Å². The molecular formula is C6H3BrN2O. The van der Waals surface area contributed by atoms with Gasteiger partial charge in [-0.1, -0.05) is 0 Å². The Labute approximate surface area is 65.9 Å². The van der Waals surface area contributed by atoms with Gasteiger partial charge in [-0.05, 0) is 6.07 Å². The van der Waals surface area contributed by atoms with Gasteiger partial charge in [0.15, 0.2) is 0 Å². The molecule has 0 radical (unpaired) electrons. The molecule has 50 valence electrons. The fraction of sp³-hybridized carbons (Fsp3) is 0. The molecule has 10 heavy (non-hydrogen) atoms. The second-order valence-corrected chi connectivity index (χ2v) is 2.44. The maximum Gasteiger partial charge on any atom is 0.260 e. The maximum atomic E-state index is 10.7. The standard InChI is InChI=1S/C6H3BrN2O/c7-9-4-5(3-8)1-2-6(9)10/h1-2,4H. The van der Waals surface area contributed by atoms with E-state index in [1.54, 1.807) is 0 Å². The van der Waals surface area contributed by atoms with Crippen molar-refractivity contribution in [3.05, 3.63) is 34.2 Å². The van der Waals surface area contributed by atoms with Crippen LogP contribution in [0.5, 0.6) is 0 Å². The minimum absolute atomic E-state index is 0.181. The van der Waals surface area contributed by atoms with Gasteiger partial charge in [0, 0.05) is 12.3 Å². The zero-order chi connectivity index (χ0) is 7.56. The van der Waals surface area contributed by atoms with Crippen LogP contribution in [0.1, 0.15) is 5.56 Å². The predicted molar refractivity (Wildman–Crippen MR) is 39.7 cm³/mol. The van der Waals surface area contributed by atoms with Gasteiger partial charge in [0.2, 0.25) is 0 Å². The van der Waals surface area contributed by atoms with Crippen molar-refractivity contribution >= 4 is 16.1 Å². The largest absolute Gasteiger partial charge is 0.268 e. The van der Waals surface area contributed by atoms with Crippen molar-refractivity contribution in [2.24, 2.45) is 0 Å². The van der Waals surface area contributed by atoms with Crippen molar-refractivity contribution in [2.75, 3.05) is 0 Å². The van der Waals surface area contributed by atoms with E-state index in [-0.39, 0.29) is 5.56 Å². The SMILES string of the molecule is N#Cc1ccc(=O)n(Br)c1. The Morgan fingerprint density at radius 3 is 2.80 bits per heavy atom. The first-order chi connectivity index (χ1) is 4.74. The average molecular weight is 199 g/mol. The van der Waals surface area contributed by atoms with Gasteiger partial charge >= 0.3 is 0 Å².